The topological polar surface area (TPSA) is 199 Å². The molecular weight excluding hydrogens is 862 g/mol. The van der Waals surface area contributed by atoms with Gasteiger partial charge < -0.3 is 32.0 Å². The third kappa shape index (κ3) is 14.0. The summed E-state index contributed by atoms with van der Waals surface area (Å²) >= 11 is 0. The molecule has 4 aromatic carbocycles. The van der Waals surface area contributed by atoms with E-state index in [0.29, 0.717) is 63.0 Å². The molecule has 1 aliphatic carbocycles. The Hall–Kier alpha value is -5.44. The minimum atomic E-state index is -0.581. The van der Waals surface area contributed by atoms with Crippen LogP contribution in [-0.2, 0) is 24.4 Å². The maximum atomic E-state index is 14.2. The van der Waals surface area contributed by atoms with Crippen molar-refractivity contribution in [3.63, 3.8) is 0 Å². The van der Waals surface area contributed by atoms with Crippen molar-refractivity contribution in [1.29, 1.82) is 0 Å². The number of guanidine groups is 1. The number of aliphatic imine (C=N–C) groups is 1. The summed E-state index contributed by atoms with van der Waals surface area (Å²) in [5.74, 6) is 2.56. The molecule has 1 aliphatic rings. The number of nitrogens with zero attached hydrogens (tertiary/aromatic N) is 7. The highest BCUT2D eigenvalue weighted by Gasteiger charge is 2.26. The van der Waals surface area contributed by atoms with Gasteiger partial charge in [0.05, 0.1) is 25.0 Å². The van der Waals surface area contributed by atoms with Crippen LogP contribution in [0.15, 0.2) is 90.2 Å². The Morgan fingerprint density at radius 2 is 1.45 bits per heavy atom. The van der Waals surface area contributed by atoms with Crippen molar-refractivity contribution in [2.24, 2.45) is 34.0 Å². The van der Waals surface area contributed by atoms with Gasteiger partial charge in [-0.25, -0.2) is 4.68 Å². The Morgan fingerprint density at radius 3 is 2.11 bits per heavy atom. The summed E-state index contributed by atoms with van der Waals surface area (Å²) in [6.45, 7) is 6.62. The van der Waals surface area contributed by atoms with Gasteiger partial charge in [0.15, 0.2) is 5.96 Å². The van der Waals surface area contributed by atoms with Crippen molar-refractivity contribution in [2.45, 2.75) is 116 Å². The van der Waals surface area contributed by atoms with Crippen LogP contribution in [0.25, 0.3) is 32.7 Å². The minimum Gasteiger partial charge on any atom is -0.493 e. The summed E-state index contributed by atoms with van der Waals surface area (Å²) < 4.78 is 16.7. The van der Waals surface area contributed by atoms with Gasteiger partial charge in [-0.05, 0) is 90.6 Å². The number of carbonyl (C=O) groups is 1. The third-order valence-corrected chi connectivity index (χ3v) is 12.0. The average molecular weight is 929 g/mol. The molecule has 6 aromatic rings. The highest BCUT2D eigenvalue weighted by molar-refractivity contribution is 6.09. The molecule has 0 bridgehead atoms. The molecule has 2 aromatic heterocycles. The van der Waals surface area contributed by atoms with Gasteiger partial charge in [-0.3, -0.25) is 14.5 Å². The van der Waals surface area contributed by atoms with Crippen molar-refractivity contribution in [1.82, 2.24) is 35.3 Å². The normalized spacial score (nSPS) is 13.8. The lowest BCUT2D eigenvalue weighted by Gasteiger charge is -2.23. The molecule has 7 N–H and O–H groups in total. The van der Waals surface area contributed by atoms with Crippen LogP contribution < -0.4 is 32.0 Å². The van der Waals surface area contributed by atoms with Crippen molar-refractivity contribution in [2.75, 3.05) is 19.7 Å². The number of ether oxygens (including phenoxy) is 2. The van der Waals surface area contributed by atoms with E-state index < -0.39 is 6.04 Å². The predicted octanol–water partition coefficient (Wildman–Crippen LogP) is 8.72. The van der Waals surface area contributed by atoms with Gasteiger partial charge in [-0.15, -0.1) is 35.0 Å². The van der Waals surface area contributed by atoms with Crippen LogP contribution in [0, 0.1) is 11.8 Å². The number of hydrogen-bond donors (Lipinski definition) is 4. The minimum absolute atomic E-state index is 0. The molecule has 0 aliphatic heterocycles. The van der Waals surface area contributed by atoms with Crippen molar-refractivity contribution < 1.29 is 14.3 Å². The van der Waals surface area contributed by atoms with Gasteiger partial charge in [0.25, 0.3) is 0 Å². The molecule has 7 rings (SSSR count). The number of halogens is 2. The first-order chi connectivity index (χ1) is 30.7. The molecule has 0 spiro atoms. The van der Waals surface area contributed by atoms with Crippen molar-refractivity contribution in [3.8, 4) is 22.6 Å². The average Bonchev–Trinajstić information content (AvgIpc) is 3.94. The quantitative estimate of drug-likeness (QED) is 0.0274. The van der Waals surface area contributed by atoms with E-state index in [1.54, 1.807) is 9.36 Å². The first-order valence-electron chi connectivity index (χ1n) is 22.9. The first kappa shape index (κ1) is 50.6. The molecule has 16 heteroatoms. The molecule has 0 unspecified atom stereocenters. The van der Waals surface area contributed by atoms with E-state index in [1.807, 2.05) is 18.5 Å². The molecular formula is C49H67Cl2N11O3. The first-order valence-corrected chi connectivity index (χ1v) is 22.9. The summed E-state index contributed by atoms with van der Waals surface area (Å²) in [6, 6.07) is 24.3. The monoisotopic (exact) mass is 927 g/mol. The molecule has 14 nitrogen and oxygen atoms in total. The number of carbonyl (C=O) groups excluding carboxylic acids is 1. The van der Waals surface area contributed by atoms with Crippen LogP contribution in [0.4, 0.5) is 0 Å². The Bertz CT molecular complexity index is 2430. The summed E-state index contributed by atoms with van der Waals surface area (Å²) in [5, 5.41) is 25.7. The van der Waals surface area contributed by atoms with Crippen LogP contribution in [0.5, 0.6) is 11.5 Å². The van der Waals surface area contributed by atoms with Crippen LogP contribution in [0.2, 0.25) is 0 Å². The number of benzene rings is 4. The number of fused-ring (bicyclic) bond motifs is 2. The van der Waals surface area contributed by atoms with E-state index in [9.17, 15) is 4.79 Å². The maximum Gasteiger partial charge on any atom is 0.245 e. The lowest BCUT2D eigenvalue weighted by Crippen LogP contribution is -2.42. The number of hydrogen-bond acceptors (Lipinski definition) is 9. The Morgan fingerprint density at radius 1 is 0.785 bits per heavy atom. The highest BCUT2D eigenvalue weighted by atomic mass is 35.5. The maximum absolute atomic E-state index is 14.2. The Balaban J connectivity index is 0.00000397. The number of unbranched alkanes of at least 4 members (excludes halogenated alkanes) is 1. The van der Waals surface area contributed by atoms with E-state index in [-0.39, 0.29) is 49.3 Å². The number of rotatable bonds is 23. The number of nitrogens with one attached hydrogen (secondary N) is 1. The second-order valence-electron chi connectivity index (χ2n) is 17.4. The molecule has 0 saturated heterocycles. The molecule has 2 atom stereocenters. The zero-order chi connectivity index (χ0) is 44.0. The van der Waals surface area contributed by atoms with Crippen molar-refractivity contribution >= 4 is 58.2 Å². The molecule has 2 heterocycles. The molecule has 1 fully saturated rings. The number of aromatic nitrogens is 6. The lowest BCUT2D eigenvalue weighted by molar-refractivity contribution is -0.125. The van der Waals surface area contributed by atoms with Gasteiger partial charge in [0.1, 0.15) is 29.8 Å². The third-order valence-electron chi connectivity index (χ3n) is 12.0. The molecule has 0 radical (unpaired) electrons. The van der Waals surface area contributed by atoms with E-state index >= 15 is 0 Å². The van der Waals surface area contributed by atoms with E-state index in [4.69, 9.17) is 26.7 Å². The van der Waals surface area contributed by atoms with E-state index in [1.165, 1.54) is 32.1 Å². The standard InChI is InChI=1S/C49H65N11O3.2ClH/c1-34(2)25-28-62-44-23-21-36-15-6-8-18-41(36)46(44)47-42-19-9-7-16-37(42)22-24-45(47)63-33-40-31-59(57-56-40)30-38(17-10-11-26-50)54-48(61)43(20-12-27-53-49(51)52)60-32-39(55-58-60)29-35-13-4-3-5-14-35;;/h6-9,15-16,18-19,21-24,31-32,34-35,38,43H,3-5,10-14,17,20,25-30,33,50H2,1-2H3,(H,54,61)(H4,51,52,53);2*1H/t38-,43-;;/m1../s1. The summed E-state index contributed by atoms with van der Waals surface area (Å²) in [7, 11) is 0. The van der Waals surface area contributed by atoms with Gasteiger partial charge in [-0.1, -0.05) is 123 Å². The van der Waals surface area contributed by atoms with Crippen LogP contribution in [0.3, 0.4) is 0 Å². The number of amides is 1. The predicted molar refractivity (Wildman–Crippen MR) is 265 cm³/mol. The summed E-state index contributed by atoms with van der Waals surface area (Å²) in [4.78, 5) is 18.4. The van der Waals surface area contributed by atoms with Crippen molar-refractivity contribution in [3.05, 3.63) is 96.6 Å². The van der Waals surface area contributed by atoms with Gasteiger partial charge in [-0.2, -0.15) is 0 Å². The van der Waals surface area contributed by atoms with Crippen LogP contribution in [-0.4, -0.2) is 67.6 Å². The summed E-state index contributed by atoms with van der Waals surface area (Å²) in [5.41, 5.74) is 20.7. The van der Waals surface area contributed by atoms with E-state index in [0.717, 1.165) is 75.5 Å². The van der Waals surface area contributed by atoms with Gasteiger partial charge in [0, 0.05) is 29.9 Å². The second-order valence-corrected chi connectivity index (χ2v) is 17.4. The van der Waals surface area contributed by atoms with Crippen LogP contribution >= 0.6 is 24.8 Å². The fraction of sp³-hybridized carbons (Fsp3) is 0.469. The molecule has 65 heavy (non-hydrogen) atoms. The fourth-order valence-corrected chi connectivity index (χ4v) is 8.70. The van der Waals surface area contributed by atoms with Gasteiger partial charge in [0.2, 0.25) is 5.91 Å². The summed E-state index contributed by atoms with van der Waals surface area (Å²) in [6.07, 6.45) is 15.4. The molecule has 1 amide bonds. The smallest absolute Gasteiger partial charge is 0.245 e. The highest BCUT2D eigenvalue weighted by Crippen LogP contribution is 2.45. The Labute approximate surface area is 395 Å². The zero-order valence-electron chi connectivity index (χ0n) is 37.8. The largest absolute Gasteiger partial charge is 0.493 e. The SMILES string of the molecule is CC(C)CCOc1ccc2ccccc2c1-c1c(OCc2cn(C[C@@H](CCCCN)NC(=O)[C@@H](CCCN=C(N)N)n3cc(CC4CCCCC4)nn3)nn2)ccc2ccccc12.Cl.Cl. The zero-order valence-corrected chi connectivity index (χ0v) is 39.4. The molecule has 1 saturated carbocycles. The number of nitrogens with two attached hydrogens (primary N) is 3. The Kier molecular flexibility index (Phi) is 19.7. The fourth-order valence-electron chi connectivity index (χ4n) is 8.70. The molecule has 350 valence electrons. The lowest BCUT2D eigenvalue weighted by atomic mass is 9.86. The second kappa shape index (κ2) is 25.3. The van der Waals surface area contributed by atoms with Crippen LogP contribution in [0.1, 0.15) is 102 Å². The van der Waals surface area contributed by atoms with Gasteiger partial charge >= 0.3 is 0 Å². The van der Waals surface area contributed by atoms with E-state index in [2.05, 4.69) is 112 Å².